The van der Waals surface area contributed by atoms with E-state index in [2.05, 4.69) is 5.32 Å². The second-order valence-corrected chi connectivity index (χ2v) is 6.58. The van der Waals surface area contributed by atoms with Crippen LogP contribution < -0.4 is 5.32 Å². The fourth-order valence-electron chi connectivity index (χ4n) is 2.25. The van der Waals surface area contributed by atoms with Crippen LogP contribution >= 0.6 is 22.9 Å². The summed E-state index contributed by atoms with van der Waals surface area (Å²) in [7, 11) is 0. The molecule has 1 aromatic rings. The Kier molecular flexibility index (Phi) is 4.47. The molecule has 2 heterocycles. The average molecular weight is 301 g/mol. The molecular weight excluding hydrogens is 284 g/mol. The maximum Gasteiger partial charge on any atom is 0.243 e. The first-order valence-corrected chi connectivity index (χ1v) is 7.53. The van der Waals surface area contributed by atoms with Gasteiger partial charge in [0.1, 0.15) is 6.04 Å². The predicted molar refractivity (Wildman–Crippen MR) is 76.1 cm³/mol. The zero-order valence-electron chi connectivity index (χ0n) is 11.0. The van der Waals surface area contributed by atoms with E-state index in [0.29, 0.717) is 10.9 Å². The summed E-state index contributed by atoms with van der Waals surface area (Å²) in [4.78, 5) is 26.8. The smallest absolute Gasteiger partial charge is 0.243 e. The van der Waals surface area contributed by atoms with Crippen molar-refractivity contribution in [3.63, 3.8) is 0 Å². The number of thiophene rings is 1. The Morgan fingerprint density at radius 1 is 1.53 bits per heavy atom. The minimum Gasteiger partial charge on any atom is -0.345 e. The molecule has 104 valence electrons. The van der Waals surface area contributed by atoms with Gasteiger partial charge < -0.3 is 10.2 Å². The van der Waals surface area contributed by atoms with E-state index in [1.807, 2.05) is 26.0 Å². The largest absolute Gasteiger partial charge is 0.345 e. The SMILES string of the molecule is CCC(C)C1C(=O)NCC(=O)N1Cc1ccc(Cl)s1. The molecule has 0 saturated carbocycles. The highest BCUT2D eigenvalue weighted by molar-refractivity contribution is 7.16. The highest BCUT2D eigenvalue weighted by Crippen LogP contribution is 2.26. The second kappa shape index (κ2) is 5.92. The van der Waals surface area contributed by atoms with Crippen LogP contribution in [0.1, 0.15) is 25.1 Å². The fraction of sp³-hybridized carbons (Fsp3) is 0.538. The lowest BCUT2D eigenvalue weighted by Crippen LogP contribution is -2.60. The van der Waals surface area contributed by atoms with E-state index in [1.165, 1.54) is 11.3 Å². The zero-order valence-corrected chi connectivity index (χ0v) is 12.6. The summed E-state index contributed by atoms with van der Waals surface area (Å²) in [5.41, 5.74) is 0. The first-order chi connectivity index (χ1) is 9.02. The Morgan fingerprint density at radius 2 is 2.26 bits per heavy atom. The van der Waals surface area contributed by atoms with Crippen LogP contribution in [0.15, 0.2) is 12.1 Å². The number of rotatable bonds is 4. The zero-order chi connectivity index (χ0) is 14.0. The highest BCUT2D eigenvalue weighted by atomic mass is 35.5. The molecule has 0 radical (unpaired) electrons. The van der Waals surface area contributed by atoms with Crippen molar-refractivity contribution < 1.29 is 9.59 Å². The van der Waals surface area contributed by atoms with Crippen LogP contribution in [-0.4, -0.2) is 29.3 Å². The number of amides is 2. The summed E-state index contributed by atoms with van der Waals surface area (Å²) in [6.07, 6.45) is 0.854. The van der Waals surface area contributed by atoms with Gasteiger partial charge >= 0.3 is 0 Å². The molecule has 6 heteroatoms. The lowest BCUT2D eigenvalue weighted by molar-refractivity contribution is -0.148. The molecule has 1 saturated heterocycles. The van der Waals surface area contributed by atoms with Gasteiger partial charge in [-0.15, -0.1) is 11.3 Å². The first kappa shape index (κ1) is 14.3. The van der Waals surface area contributed by atoms with E-state index in [-0.39, 0.29) is 30.3 Å². The first-order valence-electron chi connectivity index (χ1n) is 6.34. The quantitative estimate of drug-likeness (QED) is 0.927. The van der Waals surface area contributed by atoms with Gasteiger partial charge in [0, 0.05) is 4.88 Å². The van der Waals surface area contributed by atoms with Gasteiger partial charge in [0.25, 0.3) is 0 Å². The molecular formula is C13H17ClN2O2S. The topological polar surface area (TPSA) is 49.4 Å². The van der Waals surface area contributed by atoms with Crippen molar-refractivity contribution >= 4 is 34.8 Å². The van der Waals surface area contributed by atoms with Gasteiger partial charge in [-0.05, 0) is 18.1 Å². The molecule has 0 aliphatic carbocycles. The van der Waals surface area contributed by atoms with Crippen LogP contribution in [-0.2, 0) is 16.1 Å². The van der Waals surface area contributed by atoms with Gasteiger partial charge in [0.15, 0.2) is 0 Å². The molecule has 1 aliphatic rings. The van der Waals surface area contributed by atoms with Gasteiger partial charge in [0.05, 0.1) is 17.4 Å². The number of hydrogen-bond donors (Lipinski definition) is 1. The maximum absolute atomic E-state index is 12.1. The van der Waals surface area contributed by atoms with Crippen LogP contribution in [0.5, 0.6) is 0 Å². The molecule has 2 unspecified atom stereocenters. The van der Waals surface area contributed by atoms with Crippen molar-refractivity contribution in [2.45, 2.75) is 32.9 Å². The van der Waals surface area contributed by atoms with Crippen LogP contribution in [0.25, 0.3) is 0 Å². The summed E-state index contributed by atoms with van der Waals surface area (Å²) in [5, 5.41) is 2.67. The standard InChI is InChI=1S/C13H17ClN2O2S/c1-3-8(2)12-13(18)15-6-11(17)16(12)7-9-4-5-10(14)19-9/h4-5,8,12H,3,6-7H2,1-2H3,(H,15,18). The van der Waals surface area contributed by atoms with E-state index < -0.39 is 0 Å². The summed E-state index contributed by atoms with van der Waals surface area (Å²) in [5.74, 6) is 0.0470. The van der Waals surface area contributed by atoms with Crippen LogP contribution in [0.3, 0.4) is 0 Å². The van der Waals surface area contributed by atoms with Crippen molar-refractivity contribution in [3.05, 3.63) is 21.3 Å². The Balaban J connectivity index is 2.21. The summed E-state index contributed by atoms with van der Waals surface area (Å²) in [6, 6.07) is 3.33. The number of nitrogens with one attached hydrogen (secondary N) is 1. The van der Waals surface area contributed by atoms with Crippen LogP contribution in [0, 0.1) is 5.92 Å². The summed E-state index contributed by atoms with van der Waals surface area (Å²) >= 11 is 7.35. The Labute approximate surface area is 121 Å². The number of halogens is 1. The Bertz CT molecular complexity index is 489. The molecule has 1 fully saturated rings. The predicted octanol–water partition coefficient (Wildman–Crippen LogP) is 2.27. The van der Waals surface area contributed by atoms with Crippen LogP contribution in [0.2, 0.25) is 4.34 Å². The summed E-state index contributed by atoms with van der Waals surface area (Å²) in [6.45, 7) is 4.57. The van der Waals surface area contributed by atoms with Gasteiger partial charge in [-0.1, -0.05) is 31.9 Å². The monoisotopic (exact) mass is 300 g/mol. The molecule has 2 amide bonds. The normalized spacial score (nSPS) is 21.4. The van der Waals surface area contributed by atoms with Crippen LogP contribution in [0.4, 0.5) is 0 Å². The fourth-order valence-corrected chi connectivity index (χ4v) is 3.33. The molecule has 0 aromatic carbocycles. The van der Waals surface area contributed by atoms with E-state index >= 15 is 0 Å². The molecule has 2 atom stereocenters. The highest BCUT2D eigenvalue weighted by Gasteiger charge is 2.37. The average Bonchev–Trinajstić information content (AvgIpc) is 2.79. The molecule has 0 bridgehead atoms. The Morgan fingerprint density at radius 3 is 2.84 bits per heavy atom. The van der Waals surface area contributed by atoms with E-state index in [4.69, 9.17) is 11.6 Å². The number of carbonyl (C=O) groups excluding carboxylic acids is 2. The van der Waals surface area contributed by atoms with Crippen molar-refractivity contribution in [2.75, 3.05) is 6.54 Å². The van der Waals surface area contributed by atoms with E-state index in [9.17, 15) is 9.59 Å². The van der Waals surface area contributed by atoms with Gasteiger partial charge in [0.2, 0.25) is 11.8 Å². The van der Waals surface area contributed by atoms with E-state index in [1.54, 1.807) is 4.90 Å². The van der Waals surface area contributed by atoms with Crippen molar-refractivity contribution in [1.82, 2.24) is 10.2 Å². The molecule has 1 aromatic heterocycles. The number of piperazine rings is 1. The number of hydrogen-bond acceptors (Lipinski definition) is 3. The third kappa shape index (κ3) is 3.09. The third-order valence-corrected chi connectivity index (χ3v) is 4.69. The lowest BCUT2D eigenvalue weighted by Gasteiger charge is -2.37. The minimum atomic E-state index is -0.382. The van der Waals surface area contributed by atoms with Crippen molar-refractivity contribution in [1.29, 1.82) is 0 Å². The van der Waals surface area contributed by atoms with Crippen molar-refractivity contribution in [3.8, 4) is 0 Å². The molecule has 19 heavy (non-hydrogen) atoms. The third-order valence-electron chi connectivity index (χ3n) is 3.48. The number of carbonyl (C=O) groups is 2. The molecule has 1 aliphatic heterocycles. The maximum atomic E-state index is 12.1. The van der Waals surface area contributed by atoms with Crippen molar-refractivity contribution in [2.24, 2.45) is 5.92 Å². The van der Waals surface area contributed by atoms with Gasteiger partial charge in [-0.3, -0.25) is 9.59 Å². The van der Waals surface area contributed by atoms with Gasteiger partial charge in [-0.25, -0.2) is 0 Å². The van der Waals surface area contributed by atoms with E-state index in [0.717, 1.165) is 11.3 Å². The molecule has 2 rings (SSSR count). The number of nitrogens with zero attached hydrogens (tertiary/aromatic N) is 1. The summed E-state index contributed by atoms with van der Waals surface area (Å²) < 4.78 is 0.698. The molecule has 1 N–H and O–H groups in total. The molecule has 4 nitrogen and oxygen atoms in total. The second-order valence-electron chi connectivity index (χ2n) is 4.78. The molecule has 0 spiro atoms. The minimum absolute atomic E-state index is 0.0329. The van der Waals surface area contributed by atoms with Gasteiger partial charge in [-0.2, -0.15) is 0 Å². The Hall–Kier alpha value is -1.07. The lowest BCUT2D eigenvalue weighted by atomic mass is 9.95.